The molecule has 0 aliphatic rings. The molecule has 60 heavy (non-hydrogen) atoms. The maximum atomic E-state index is 14.2. The van der Waals surface area contributed by atoms with E-state index in [4.69, 9.17) is 21.5 Å². The van der Waals surface area contributed by atoms with E-state index < -0.39 is 23.5 Å². The van der Waals surface area contributed by atoms with Crippen LogP contribution in [0.4, 0.5) is 32.0 Å². The average molecular weight is 798 g/mol. The van der Waals surface area contributed by atoms with Crippen LogP contribution in [0, 0.1) is 17.9 Å². The molecular weight excluding hydrogens is 773 g/mol. The summed E-state index contributed by atoms with van der Waals surface area (Å²) < 4.78 is 84.9. The minimum atomic E-state index is -5.05. The third-order valence-corrected chi connectivity index (χ3v) is 10.3. The number of aromatic nitrogens is 3. The first kappa shape index (κ1) is 37.7. The average Bonchev–Trinajstić information content (AvgIpc) is 3.27. The van der Waals surface area contributed by atoms with Crippen molar-refractivity contribution in [3.63, 3.8) is 0 Å². The molecule has 5 nitrogen and oxygen atoms in total. The molecule has 0 unspecified atom stereocenters. The van der Waals surface area contributed by atoms with Crippen molar-refractivity contribution in [1.82, 2.24) is 15.0 Å². The van der Waals surface area contributed by atoms with Gasteiger partial charge >= 0.3 is 12.4 Å². The second-order valence-corrected chi connectivity index (χ2v) is 14.0. The highest BCUT2D eigenvalue weighted by Gasteiger charge is 2.37. The number of halogens is 6. The van der Waals surface area contributed by atoms with E-state index in [9.17, 15) is 31.6 Å². The Labute approximate surface area is 338 Å². The molecule has 0 spiro atoms. The minimum Gasteiger partial charge on any atom is -0.247 e. The summed E-state index contributed by atoms with van der Waals surface area (Å²) in [5, 5.41) is 11.4. The topological polar surface area (TPSA) is 66.8 Å². The molecule has 0 atom stereocenters. The third kappa shape index (κ3) is 6.72. The summed E-state index contributed by atoms with van der Waals surface area (Å²) >= 11 is 0. The lowest BCUT2D eigenvalue weighted by Crippen LogP contribution is -2.11. The smallest absolute Gasteiger partial charge is 0.247 e. The van der Waals surface area contributed by atoms with Crippen molar-refractivity contribution in [2.75, 3.05) is 0 Å². The summed E-state index contributed by atoms with van der Waals surface area (Å²) in [7, 11) is 0. The molecule has 0 N–H and O–H groups in total. The van der Waals surface area contributed by atoms with Crippen molar-refractivity contribution in [3.05, 3.63) is 180 Å². The molecule has 0 aliphatic heterocycles. The second kappa shape index (κ2) is 14.5. The van der Waals surface area contributed by atoms with Crippen molar-refractivity contribution in [2.45, 2.75) is 12.4 Å². The van der Waals surface area contributed by atoms with E-state index in [2.05, 4.69) is 10.9 Å². The van der Waals surface area contributed by atoms with Crippen molar-refractivity contribution >= 4 is 38.4 Å². The highest BCUT2D eigenvalue weighted by atomic mass is 19.4. The second-order valence-electron chi connectivity index (χ2n) is 14.0. The number of alkyl halides is 6. The van der Waals surface area contributed by atoms with Crippen LogP contribution >= 0.6 is 0 Å². The van der Waals surface area contributed by atoms with E-state index >= 15 is 0 Å². The van der Waals surface area contributed by atoms with Crippen molar-refractivity contribution in [3.8, 4) is 62.1 Å². The summed E-state index contributed by atoms with van der Waals surface area (Å²) in [6.45, 7) is 7.49. The molecule has 11 heteroatoms. The first-order valence-electron chi connectivity index (χ1n) is 18.4. The van der Waals surface area contributed by atoms with E-state index in [1.165, 1.54) is 6.07 Å². The number of hydrogen-bond acceptors (Lipinski definition) is 4. The van der Waals surface area contributed by atoms with Crippen molar-refractivity contribution in [1.29, 1.82) is 5.26 Å². The molecule has 9 rings (SSSR count). The summed E-state index contributed by atoms with van der Waals surface area (Å²) in [4.78, 5) is 19.4. The van der Waals surface area contributed by atoms with Crippen LogP contribution in [0.3, 0.4) is 0 Å². The zero-order valence-electron chi connectivity index (χ0n) is 30.9. The molecule has 9 aromatic rings. The van der Waals surface area contributed by atoms with Crippen LogP contribution in [0.1, 0.15) is 16.7 Å². The zero-order valence-corrected chi connectivity index (χ0v) is 30.9. The van der Waals surface area contributed by atoms with Gasteiger partial charge < -0.3 is 0 Å². The zero-order chi connectivity index (χ0) is 41.8. The Kier molecular flexibility index (Phi) is 9.10. The fourth-order valence-electron chi connectivity index (χ4n) is 7.53. The number of pyridine rings is 1. The summed E-state index contributed by atoms with van der Waals surface area (Å²) in [5.74, 6) is 0. The van der Waals surface area contributed by atoms with Gasteiger partial charge in [0.2, 0.25) is 0 Å². The number of rotatable bonds is 5. The van der Waals surface area contributed by atoms with Gasteiger partial charge in [-0.25, -0.2) is 19.8 Å². The van der Waals surface area contributed by atoms with Gasteiger partial charge in [0.05, 0.1) is 63.0 Å². The van der Waals surface area contributed by atoms with Crippen LogP contribution in [-0.2, 0) is 12.4 Å². The van der Waals surface area contributed by atoms with Gasteiger partial charge in [-0.3, -0.25) is 0 Å². The number of fused-ring (bicyclic) bond motifs is 5. The van der Waals surface area contributed by atoms with E-state index in [0.717, 1.165) is 17.7 Å². The molecule has 2 aromatic heterocycles. The Morgan fingerprint density at radius 1 is 0.483 bits per heavy atom. The lowest BCUT2D eigenvalue weighted by Gasteiger charge is -2.19. The van der Waals surface area contributed by atoms with Gasteiger partial charge in [0.1, 0.15) is 0 Å². The van der Waals surface area contributed by atoms with Gasteiger partial charge in [-0.1, -0.05) is 109 Å². The maximum Gasteiger partial charge on any atom is 0.416 e. The van der Waals surface area contributed by atoms with Gasteiger partial charge in [-0.2, -0.15) is 31.6 Å². The summed E-state index contributed by atoms with van der Waals surface area (Å²) in [6, 6.07) is 42.6. The van der Waals surface area contributed by atoms with Crippen LogP contribution in [0.2, 0.25) is 0 Å². The Balaban J connectivity index is 1.44. The first-order valence-corrected chi connectivity index (χ1v) is 18.4. The van der Waals surface area contributed by atoms with Crippen LogP contribution in [0.15, 0.2) is 152 Å². The van der Waals surface area contributed by atoms with E-state index in [1.807, 2.05) is 48.5 Å². The number of nitriles is 1. The van der Waals surface area contributed by atoms with Crippen molar-refractivity contribution < 1.29 is 26.3 Å². The minimum absolute atomic E-state index is 0.113. The molecule has 0 aliphatic carbocycles. The molecule has 7 aromatic carbocycles. The number of nitrogens with zero attached hydrogens (tertiary/aromatic N) is 5. The monoisotopic (exact) mass is 797 g/mol. The normalized spacial score (nSPS) is 11.8. The number of hydrogen-bond donors (Lipinski definition) is 0. The maximum absolute atomic E-state index is 14.2. The third-order valence-electron chi connectivity index (χ3n) is 10.3. The quantitative estimate of drug-likeness (QED) is 0.0988. The predicted octanol–water partition coefficient (Wildman–Crippen LogP) is 14.1. The van der Waals surface area contributed by atoms with Crippen LogP contribution in [0.25, 0.3) is 93.6 Å². The molecule has 288 valence electrons. The highest BCUT2D eigenvalue weighted by Crippen LogP contribution is 2.46. The fourth-order valence-corrected chi connectivity index (χ4v) is 7.53. The van der Waals surface area contributed by atoms with Crippen LogP contribution in [0.5, 0.6) is 0 Å². The van der Waals surface area contributed by atoms with Crippen molar-refractivity contribution in [2.24, 2.45) is 0 Å². The van der Waals surface area contributed by atoms with E-state index in [0.29, 0.717) is 83.3 Å². The Bertz CT molecular complexity index is 3200. The highest BCUT2D eigenvalue weighted by molar-refractivity contribution is 6.24. The van der Waals surface area contributed by atoms with Gasteiger partial charge in [0.25, 0.3) is 0 Å². The number of benzene rings is 7. The van der Waals surface area contributed by atoms with Gasteiger partial charge in [0, 0.05) is 32.8 Å². The Morgan fingerprint density at radius 3 is 1.67 bits per heavy atom. The Morgan fingerprint density at radius 2 is 1.05 bits per heavy atom. The molecule has 0 saturated heterocycles. The Hall–Kier alpha value is -7.89. The van der Waals surface area contributed by atoms with Gasteiger partial charge in [-0.05, 0) is 64.7 Å². The predicted molar refractivity (Wildman–Crippen MR) is 221 cm³/mol. The molecule has 2 heterocycles. The van der Waals surface area contributed by atoms with E-state index in [-0.39, 0.29) is 17.2 Å². The number of para-hydroxylation sites is 1. The van der Waals surface area contributed by atoms with E-state index in [1.54, 1.807) is 78.9 Å². The van der Waals surface area contributed by atoms with Crippen LogP contribution < -0.4 is 0 Å². The van der Waals surface area contributed by atoms with Crippen LogP contribution in [-0.4, -0.2) is 15.0 Å². The lowest BCUT2D eigenvalue weighted by atomic mass is 9.89. The standard InChI is InChI=1S/C49H25F6N5/c1-57-35-21-19-31(20-22-35)43-44(30-17-15-28(27-56)16-18-30)60-47-42-38-13-7-8-14-41(38)58-45(40(42)26-39(46(47)59-43)29-9-3-2-4-10-29)37-12-6-5-11-36(37)32-23-33(48(50,51)52)25-34(24-32)49(53,54)55/h2-26H. The SMILES string of the molecule is [C-]#[N+]c1ccc(-c2nc3c(-c4ccccc4)cc4c(-c5ccccc5-c5cc(C(F)(F)F)cc(C(F)(F)F)c5)nc5ccccc5c4c3nc2-c2ccc(C#N)cc2)cc1. The molecule has 0 radical (unpaired) electrons. The molecule has 0 saturated carbocycles. The first-order chi connectivity index (χ1) is 28.9. The fraction of sp³-hybridized carbons (Fsp3) is 0.0408. The molecule has 0 amide bonds. The molecule has 0 fully saturated rings. The van der Waals surface area contributed by atoms with Gasteiger partial charge in [-0.15, -0.1) is 0 Å². The largest absolute Gasteiger partial charge is 0.416 e. The van der Waals surface area contributed by atoms with Gasteiger partial charge in [0.15, 0.2) is 5.69 Å². The summed E-state index contributed by atoms with van der Waals surface area (Å²) in [5.41, 5.74) is 3.67. The molecular formula is C49H25F6N5. The lowest BCUT2D eigenvalue weighted by molar-refractivity contribution is -0.143. The molecule has 0 bridgehead atoms. The summed E-state index contributed by atoms with van der Waals surface area (Å²) in [6.07, 6.45) is -10.1.